The van der Waals surface area contributed by atoms with Crippen LogP contribution in [0.4, 0.5) is 0 Å². The third kappa shape index (κ3) is 8.82. The number of fused-ring (bicyclic) bond motifs is 1. The Morgan fingerprint density at radius 1 is 0.966 bits per heavy atom. The highest BCUT2D eigenvalue weighted by molar-refractivity contribution is 7.09. The van der Waals surface area contributed by atoms with Crippen LogP contribution in [0.15, 0.2) is 11.0 Å². The van der Waals surface area contributed by atoms with Crippen molar-refractivity contribution in [1.29, 1.82) is 0 Å². The number of carbonyl (C=O) groups excluding carboxylic acids is 6. The molecule has 0 amide bonds. The molecule has 17 nitrogen and oxygen atoms in total. The van der Waals surface area contributed by atoms with Gasteiger partial charge in [0.05, 0.1) is 41.9 Å². The maximum Gasteiger partial charge on any atom is 0.309 e. The van der Waals surface area contributed by atoms with Gasteiger partial charge in [0.15, 0.2) is 41.1 Å². The van der Waals surface area contributed by atoms with Crippen LogP contribution in [0.3, 0.4) is 0 Å². The van der Waals surface area contributed by atoms with Crippen LogP contribution >= 0.6 is 11.3 Å². The molecule has 3 fully saturated rings. The molecule has 324 valence electrons. The summed E-state index contributed by atoms with van der Waals surface area (Å²) in [7, 11) is 0. The number of aliphatic hydroxyl groups excluding tert-OH is 3. The largest absolute Gasteiger partial charge is 0.458 e. The fourth-order valence-corrected chi connectivity index (χ4v) is 8.63. The van der Waals surface area contributed by atoms with E-state index in [1.54, 1.807) is 25.3 Å². The second kappa shape index (κ2) is 17.8. The Bertz CT molecular complexity index is 1790. The summed E-state index contributed by atoms with van der Waals surface area (Å²) in [6, 6.07) is 0. The van der Waals surface area contributed by atoms with Gasteiger partial charge in [-0.1, -0.05) is 34.1 Å². The number of aromatic nitrogens is 1. The third-order valence-corrected chi connectivity index (χ3v) is 12.9. The standard InChI is InChI=1S/C40H57NO16S/c1-18-11-10-12-26-28(55-26)14-27(56-31(47)15-29(46)37(8,9)34(50)20(3)32(18)48)19(2)13-25-17-58-30(41-25)16-54-36-39(52,23(6)44)40(53,24(7)45)38(51,22(5)43)35(57-36)33(49)21(4)42/h13,17-18,20-21,26-29,32,35-36,42,46,48,51-53H,10-12,14-16H2,1-9H3/t18-,20+,21?,26+,27-,28+,29-,32-,35-,36-,38-,39+,40+/m1/s1. The molecule has 3 aliphatic rings. The van der Waals surface area contributed by atoms with E-state index in [0.29, 0.717) is 38.0 Å². The lowest BCUT2D eigenvalue weighted by Crippen LogP contribution is -2.87. The first-order valence-corrected chi connectivity index (χ1v) is 20.2. The molecule has 58 heavy (non-hydrogen) atoms. The van der Waals surface area contributed by atoms with Crippen molar-refractivity contribution in [3.8, 4) is 0 Å². The van der Waals surface area contributed by atoms with E-state index in [0.717, 1.165) is 31.6 Å². The van der Waals surface area contributed by atoms with E-state index in [4.69, 9.17) is 18.9 Å². The lowest BCUT2D eigenvalue weighted by molar-refractivity contribution is -0.361. The molecule has 1 aromatic rings. The first-order valence-electron chi connectivity index (χ1n) is 19.3. The summed E-state index contributed by atoms with van der Waals surface area (Å²) >= 11 is 1.04. The fraction of sp³-hybridized carbons (Fsp3) is 0.725. The predicted octanol–water partition coefficient (Wildman–Crippen LogP) is 0.931. The summed E-state index contributed by atoms with van der Waals surface area (Å²) in [5.74, 6) is -7.68. The van der Waals surface area contributed by atoms with Gasteiger partial charge in [-0.25, -0.2) is 4.98 Å². The molecule has 4 heterocycles. The molecule has 0 aliphatic carbocycles. The smallest absolute Gasteiger partial charge is 0.309 e. The van der Waals surface area contributed by atoms with Gasteiger partial charge in [0.25, 0.3) is 0 Å². The van der Waals surface area contributed by atoms with Crippen molar-refractivity contribution in [3.05, 3.63) is 21.7 Å². The van der Waals surface area contributed by atoms with Crippen LogP contribution in [0, 0.1) is 17.3 Å². The summed E-state index contributed by atoms with van der Waals surface area (Å²) in [6.07, 6.45) is -6.67. The molecule has 13 atom stereocenters. The van der Waals surface area contributed by atoms with E-state index >= 15 is 0 Å². The maximum absolute atomic E-state index is 13.4. The fourth-order valence-electron chi connectivity index (χ4n) is 7.96. The highest BCUT2D eigenvalue weighted by Crippen LogP contribution is 2.48. The Morgan fingerprint density at radius 3 is 2.16 bits per heavy atom. The molecule has 1 unspecified atom stereocenters. The molecule has 0 spiro atoms. The van der Waals surface area contributed by atoms with E-state index in [-0.39, 0.29) is 35.3 Å². The van der Waals surface area contributed by atoms with Crippen LogP contribution in [-0.4, -0.2) is 136 Å². The van der Waals surface area contributed by atoms with Crippen LogP contribution in [0.25, 0.3) is 6.08 Å². The monoisotopic (exact) mass is 839 g/mol. The molecular formula is C40H57NO16S. The maximum atomic E-state index is 13.4. The number of Topliss-reactive ketones (excluding diaryl/α,β-unsaturated/α-hetero) is 5. The first kappa shape index (κ1) is 47.5. The lowest BCUT2D eigenvalue weighted by Gasteiger charge is -2.57. The SMILES string of the molecule is CC(=O)[C@]1(O)[C@@](O)(C(C)=O)[C@@H](C(=O)C(C)O)O[C@@H](OCc2nc(C=C(C)[C@H]3C[C@@H]4O[C@H]4CCC[C@@H](C)[C@@H](O)[C@H](C)C(=O)C(C)(C)[C@H](O)CC(=O)O3)cs2)[C@@]1(O)C(C)=O. The summed E-state index contributed by atoms with van der Waals surface area (Å²) in [5.41, 5.74) is -11.1. The quantitative estimate of drug-likeness (QED) is 0.141. The second-order valence-electron chi connectivity index (χ2n) is 16.6. The zero-order valence-corrected chi connectivity index (χ0v) is 35.1. The molecular weight excluding hydrogens is 782 g/mol. The van der Waals surface area contributed by atoms with Gasteiger partial charge in [-0.3, -0.25) is 28.8 Å². The number of rotatable bonds is 10. The predicted molar refractivity (Wildman–Crippen MR) is 204 cm³/mol. The Balaban J connectivity index is 1.59. The zero-order valence-electron chi connectivity index (χ0n) is 34.3. The van der Waals surface area contributed by atoms with Gasteiger partial charge < -0.3 is 49.6 Å². The van der Waals surface area contributed by atoms with Crippen LogP contribution in [0.1, 0.15) is 105 Å². The zero-order chi connectivity index (χ0) is 43.9. The summed E-state index contributed by atoms with van der Waals surface area (Å²) in [6.45, 7) is 10.8. The number of aliphatic hydroxyl groups is 6. The van der Waals surface area contributed by atoms with E-state index in [2.05, 4.69) is 4.98 Å². The van der Waals surface area contributed by atoms with Gasteiger partial charge in [0.1, 0.15) is 29.6 Å². The number of epoxide rings is 1. The van der Waals surface area contributed by atoms with Gasteiger partial charge in [-0.15, -0.1) is 11.3 Å². The molecule has 3 aliphatic heterocycles. The lowest BCUT2D eigenvalue weighted by atomic mass is 9.60. The van der Waals surface area contributed by atoms with Crippen molar-refractivity contribution in [2.24, 2.45) is 17.3 Å². The Labute approximate surface area is 340 Å². The molecule has 4 rings (SSSR count). The molecule has 6 N–H and O–H groups in total. The Kier molecular flexibility index (Phi) is 14.6. The first-order chi connectivity index (χ1) is 26.8. The number of thiazole rings is 1. The topological polar surface area (TPSA) is 277 Å². The summed E-state index contributed by atoms with van der Waals surface area (Å²) in [5, 5.41) is 68.7. The minimum Gasteiger partial charge on any atom is -0.458 e. The van der Waals surface area contributed by atoms with Crippen LogP contribution < -0.4 is 0 Å². The molecule has 0 saturated carbocycles. The highest BCUT2D eigenvalue weighted by Gasteiger charge is 2.79. The Morgan fingerprint density at radius 2 is 1.59 bits per heavy atom. The average molecular weight is 840 g/mol. The van der Waals surface area contributed by atoms with Crippen molar-refractivity contribution in [2.45, 2.75) is 167 Å². The highest BCUT2D eigenvalue weighted by atomic mass is 32.1. The van der Waals surface area contributed by atoms with Crippen molar-refractivity contribution < 1.29 is 78.4 Å². The minimum atomic E-state index is -3.67. The molecule has 18 heteroatoms. The molecule has 0 radical (unpaired) electrons. The number of hydrogen-bond acceptors (Lipinski definition) is 18. The number of esters is 1. The van der Waals surface area contributed by atoms with Crippen molar-refractivity contribution >= 4 is 52.3 Å². The van der Waals surface area contributed by atoms with Gasteiger partial charge in [-0.05, 0) is 65.0 Å². The van der Waals surface area contributed by atoms with E-state index in [1.165, 1.54) is 13.8 Å². The van der Waals surface area contributed by atoms with E-state index in [1.807, 2.05) is 6.92 Å². The minimum absolute atomic E-state index is 0.101. The van der Waals surface area contributed by atoms with Gasteiger partial charge in [0.2, 0.25) is 11.2 Å². The van der Waals surface area contributed by atoms with Crippen LogP contribution in [0.2, 0.25) is 0 Å². The number of carbonyl (C=O) groups is 6. The summed E-state index contributed by atoms with van der Waals surface area (Å²) < 4.78 is 23.0. The number of hydrogen-bond donors (Lipinski definition) is 6. The second-order valence-corrected chi connectivity index (χ2v) is 17.6. The molecule has 0 bridgehead atoms. The molecule has 3 saturated heterocycles. The summed E-state index contributed by atoms with van der Waals surface area (Å²) in [4.78, 5) is 83.0. The number of cyclic esters (lactones) is 1. The van der Waals surface area contributed by atoms with E-state index in [9.17, 15) is 59.4 Å². The van der Waals surface area contributed by atoms with Gasteiger partial charge >= 0.3 is 5.97 Å². The van der Waals surface area contributed by atoms with E-state index < -0.39 is 107 Å². The molecule has 0 aromatic carbocycles. The van der Waals surface area contributed by atoms with Crippen molar-refractivity contribution in [2.75, 3.05) is 0 Å². The number of nitrogens with zero attached hydrogens (tertiary/aromatic N) is 1. The van der Waals surface area contributed by atoms with Crippen LogP contribution in [-0.2, 0) is 54.3 Å². The molecule has 1 aromatic heterocycles. The van der Waals surface area contributed by atoms with Gasteiger partial charge in [-0.2, -0.15) is 0 Å². The van der Waals surface area contributed by atoms with Gasteiger partial charge in [0, 0.05) is 17.7 Å². The third-order valence-electron chi connectivity index (χ3n) is 12.0. The normalized spacial score (nSPS) is 38.3. The number of ketones is 5. The van der Waals surface area contributed by atoms with Crippen molar-refractivity contribution in [3.63, 3.8) is 0 Å². The Hall–Kier alpha value is -3.17. The number of ether oxygens (including phenoxy) is 4. The van der Waals surface area contributed by atoms with Crippen LogP contribution in [0.5, 0.6) is 0 Å². The van der Waals surface area contributed by atoms with Crippen molar-refractivity contribution in [1.82, 2.24) is 4.98 Å². The average Bonchev–Trinajstić information content (AvgIpc) is 3.73.